The molecule has 23 heavy (non-hydrogen) atoms. The third-order valence-electron chi connectivity index (χ3n) is 4.05. The third-order valence-corrected chi connectivity index (χ3v) is 4.05. The smallest absolute Gasteiger partial charge is 0.225 e. The van der Waals surface area contributed by atoms with E-state index in [0.29, 0.717) is 6.42 Å². The molecule has 1 atom stereocenters. The summed E-state index contributed by atoms with van der Waals surface area (Å²) >= 11 is 0. The number of aryl methyl sites for hydroxylation is 1. The zero-order valence-corrected chi connectivity index (χ0v) is 13.1. The number of carbonyl (C=O) groups excluding carboxylic acids is 1. The van der Waals surface area contributed by atoms with Gasteiger partial charge in [-0.05, 0) is 37.3 Å². The van der Waals surface area contributed by atoms with Gasteiger partial charge >= 0.3 is 0 Å². The normalized spacial score (nSPS) is 17.9. The van der Waals surface area contributed by atoms with Gasteiger partial charge in [0.2, 0.25) is 11.9 Å². The first-order chi connectivity index (χ1) is 11.3. The number of amides is 1. The number of piperidine rings is 1. The average molecular weight is 314 g/mol. The quantitative estimate of drug-likeness (QED) is 0.839. The van der Waals surface area contributed by atoms with Crippen molar-refractivity contribution in [2.24, 2.45) is 0 Å². The Hall–Kier alpha value is -2.44. The van der Waals surface area contributed by atoms with E-state index in [-0.39, 0.29) is 11.9 Å². The molecule has 122 valence electrons. The van der Waals surface area contributed by atoms with Crippen molar-refractivity contribution in [2.75, 3.05) is 18.0 Å². The Morgan fingerprint density at radius 1 is 1.39 bits per heavy atom. The lowest BCUT2D eigenvalue weighted by Gasteiger charge is -2.33. The lowest BCUT2D eigenvalue weighted by Crippen LogP contribution is -2.48. The molecule has 3 heterocycles. The van der Waals surface area contributed by atoms with Crippen LogP contribution in [0.2, 0.25) is 0 Å². The minimum absolute atomic E-state index is 0.120. The summed E-state index contributed by atoms with van der Waals surface area (Å²) in [7, 11) is 0. The summed E-state index contributed by atoms with van der Waals surface area (Å²) in [6.45, 7) is 1.72. The molecule has 0 radical (unpaired) electrons. The number of aromatic nitrogens is 4. The van der Waals surface area contributed by atoms with E-state index < -0.39 is 0 Å². The van der Waals surface area contributed by atoms with Crippen molar-refractivity contribution in [3.63, 3.8) is 0 Å². The van der Waals surface area contributed by atoms with Gasteiger partial charge in [0.25, 0.3) is 0 Å². The van der Waals surface area contributed by atoms with Crippen LogP contribution in [0.25, 0.3) is 0 Å². The second-order valence-corrected chi connectivity index (χ2v) is 5.86. The topological polar surface area (TPSA) is 86.8 Å². The molecule has 1 saturated heterocycles. The monoisotopic (exact) mass is 314 g/mol. The number of rotatable bonds is 6. The highest BCUT2D eigenvalue weighted by Gasteiger charge is 2.22. The molecule has 0 bridgehead atoms. The van der Waals surface area contributed by atoms with Crippen LogP contribution in [0.15, 0.2) is 30.9 Å². The Balaban J connectivity index is 1.43. The van der Waals surface area contributed by atoms with Crippen molar-refractivity contribution < 1.29 is 4.79 Å². The molecule has 2 aromatic rings. The minimum Gasteiger partial charge on any atom is -0.352 e. The summed E-state index contributed by atoms with van der Waals surface area (Å²) in [6.07, 6.45) is 11.5. The van der Waals surface area contributed by atoms with Gasteiger partial charge < -0.3 is 10.2 Å². The number of nitrogens with zero attached hydrogens (tertiary/aromatic N) is 4. The zero-order valence-electron chi connectivity index (χ0n) is 13.1. The van der Waals surface area contributed by atoms with Crippen LogP contribution in [0.3, 0.4) is 0 Å². The fourth-order valence-corrected chi connectivity index (χ4v) is 2.90. The molecule has 0 unspecified atom stereocenters. The number of hydrogen-bond acceptors (Lipinski definition) is 5. The van der Waals surface area contributed by atoms with Crippen molar-refractivity contribution in [3.05, 3.63) is 36.4 Å². The van der Waals surface area contributed by atoms with Crippen LogP contribution >= 0.6 is 0 Å². The Labute approximate surface area is 135 Å². The van der Waals surface area contributed by atoms with Crippen LogP contribution in [0.1, 0.15) is 31.2 Å². The summed E-state index contributed by atoms with van der Waals surface area (Å²) in [6, 6.07) is 1.99. The van der Waals surface area contributed by atoms with Gasteiger partial charge in [0, 0.05) is 44.1 Å². The van der Waals surface area contributed by atoms with Crippen LogP contribution in [-0.2, 0) is 11.2 Å². The van der Waals surface area contributed by atoms with Gasteiger partial charge in [-0.15, -0.1) is 0 Å². The number of aromatic amines is 1. The molecule has 1 aliphatic heterocycles. The maximum atomic E-state index is 12.1. The van der Waals surface area contributed by atoms with Crippen LogP contribution in [-0.4, -0.2) is 45.2 Å². The van der Waals surface area contributed by atoms with E-state index in [1.54, 1.807) is 18.6 Å². The Morgan fingerprint density at radius 2 is 2.26 bits per heavy atom. The molecule has 0 saturated carbocycles. The fourth-order valence-electron chi connectivity index (χ4n) is 2.90. The number of anilines is 1. The van der Waals surface area contributed by atoms with E-state index >= 15 is 0 Å². The number of nitrogens with one attached hydrogen (secondary N) is 2. The maximum Gasteiger partial charge on any atom is 0.225 e. The number of carbonyl (C=O) groups is 1. The molecule has 0 aromatic carbocycles. The molecule has 1 amide bonds. The third kappa shape index (κ3) is 4.51. The molecule has 1 aliphatic rings. The van der Waals surface area contributed by atoms with E-state index in [1.807, 2.05) is 12.3 Å². The highest BCUT2D eigenvalue weighted by Crippen LogP contribution is 2.15. The Kier molecular flexibility index (Phi) is 5.18. The highest BCUT2D eigenvalue weighted by atomic mass is 16.1. The van der Waals surface area contributed by atoms with E-state index in [1.165, 1.54) is 0 Å². The van der Waals surface area contributed by atoms with Gasteiger partial charge in [0.1, 0.15) is 0 Å². The summed E-state index contributed by atoms with van der Waals surface area (Å²) in [5.41, 5.74) is 1.14. The largest absolute Gasteiger partial charge is 0.352 e. The van der Waals surface area contributed by atoms with E-state index in [9.17, 15) is 4.79 Å². The van der Waals surface area contributed by atoms with Crippen molar-refractivity contribution in [2.45, 2.75) is 38.1 Å². The van der Waals surface area contributed by atoms with E-state index in [0.717, 1.165) is 50.3 Å². The fraction of sp³-hybridized carbons (Fsp3) is 0.500. The average Bonchev–Trinajstić information content (AvgIpc) is 3.09. The van der Waals surface area contributed by atoms with Crippen molar-refractivity contribution in [1.29, 1.82) is 0 Å². The Morgan fingerprint density at radius 3 is 3.04 bits per heavy atom. The van der Waals surface area contributed by atoms with Crippen LogP contribution in [0.4, 0.5) is 5.95 Å². The molecule has 7 heteroatoms. The first kappa shape index (κ1) is 15.5. The number of hydrogen-bond donors (Lipinski definition) is 2. The van der Waals surface area contributed by atoms with Gasteiger partial charge in [-0.2, -0.15) is 5.10 Å². The standard InChI is InChI=1S/C16H22N6O/c23-15(6-1-4-13-10-19-20-11-13)21-14-5-2-9-22(12-14)16-17-7-3-8-18-16/h3,7-8,10-11,14H,1-2,4-6,9,12H2,(H,19,20)(H,21,23)/t14-/m0/s1. The highest BCUT2D eigenvalue weighted by molar-refractivity contribution is 5.76. The predicted molar refractivity (Wildman–Crippen MR) is 86.9 cm³/mol. The molecule has 0 spiro atoms. The van der Waals surface area contributed by atoms with Crippen molar-refractivity contribution >= 4 is 11.9 Å². The number of H-pyrrole nitrogens is 1. The van der Waals surface area contributed by atoms with Gasteiger partial charge in [-0.25, -0.2) is 9.97 Å². The first-order valence-corrected chi connectivity index (χ1v) is 8.10. The molecular weight excluding hydrogens is 292 g/mol. The summed E-state index contributed by atoms with van der Waals surface area (Å²) < 4.78 is 0. The lowest BCUT2D eigenvalue weighted by atomic mass is 10.1. The summed E-state index contributed by atoms with van der Waals surface area (Å²) in [5.74, 6) is 0.862. The maximum absolute atomic E-state index is 12.1. The van der Waals surface area contributed by atoms with Crippen molar-refractivity contribution in [1.82, 2.24) is 25.5 Å². The second kappa shape index (κ2) is 7.71. The van der Waals surface area contributed by atoms with Crippen LogP contribution in [0.5, 0.6) is 0 Å². The molecule has 7 nitrogen and oxygen atoms in total. The van der Waals surface area contributed by atoms with E-state index in [4.69, 9.17) is 0 Å². The molecule has 1 fully saturated rings. The molecule has 2 N–H and O–H groups in total. The van der Waals surface area contributed by atoms with Crippen molar-refractivity contribution in [3.8, 4) is 0 Å². The van der Waals surface area contributed by atoms with Gasteiger partial charge in [0.05, 0.1) is 6.20 Å². The molecule has 0 aliphatic carbocycles. The van der Waals surface area contributed by atoms with Crippen LogP contribution in [0, 0.1) is 0 Å². The first-order valence-electron chi connectivity index (χ1n) is 8.10. The summed E-state index contributed by atoms with van der Waals surface area (Å²) in [5, 5.41) is 9.83. The van der Waals surface area contributed by atoms with Gasteiger partial charge in [-0.1, -0.05) is 0 Å². The van der Waals surface area contributed by atoms with E-state index in [2.05, 4.69) is 30.4 Å². The van der Waals surface area contributed by atoms with Gasteiger partial charge in [0.15, 0.2) is 0 Å². The molecule has 3 rings (SSSR count). The predicted octanol–water partition coefficient (Wildman–Crippen LogP) is 1.31. The Bertz CT molecular complexity index is 600. The second-order valence-electron chi connectivity index (χ2n) is 5.86. The SMILES string of the molecule is O=C(CCCc1cn[nH]c1)N[C@H]1CCCN(c2ncccn2)C1. The minimum atomic E-state index is 0.120. The zero-order chi connectivity index (χ0) is 15.9. The molecule has 2 aromatic heterocycles. The van der Waals surface area contributed by atoms with Crippen LogP contribution < -0.4 is 10.2 Å². The molecular formula is C16H22N6O. The lowest BCUT2D eigenvalue weighted by molar-refractivity contribution is -0.121. The summed E-state index contributed by atoms with van der Waals surface area (Å²) in [4.78, 5) is 22.8. The van der Waals surface area contributed by atoms with Gasteiger partial charge in [-0.3, -0.25) is 9.89 Å².